The Hall–Kier alpha value is -0.980. The summed E-state index contributed by atoms with van der Waals surface area (Å²) in [5.74, 6) is 0.361. The summed E-state index contributed by atoms with van der Waals surface area (Å²) >= 11 is 0. The standard InChI is InChI=1S/C12H24O6/c1-3-14-11-12(17-4-2)18-10-9-16-8-7-15-6-5-13/h11,13H,3-10H2,1-2H3. The zero-order valence-corrected chi connectivity index (χ0v) is 11.2. The fourth-order valence-corrected chi connectivity index (χ4v) is 0.991. The van der Waals surface area contributed by atoms with Crippen molar-refractivity contribution in [3.05, 3.63) is 12.2 Å². The van der Waals surface area contributed by atoms with Crippen molar-refractivity contribution in [1.29, 1.82) is 0 Å². The van der Waals surface area contributed by atoms with Crippen LogP contribution in [0, 0.1) is 0 Å². The number of aliphatic hydroxyl groups is 1. The second-order valence-corrected chi connectivity index (χ2v) is 3.12. The van der Waals surface area contributed by atoms with E-state index in [0.717, 1.165) is 0 Å². The molecule has 0 atom stereocenters. The quantitative estimate of drug-likeness (QED) is 0.394. The molecule has 0 fully saturated rings. The maximum atomic E-state index is 8.47. The van der Waals surface area contributed by atoms with E-state index in [1.807, 2.05) is 13.8 Å². The van der Waals surface area contributed by atoms with Gasteiger partial charge in [-0.05, 0) is 13.8 Å². The van der Waals surface area contributed by atoms with Crippen LogP contribution in [0.25, 0.3) is 0 Å². The van der Waals surface area contributed by atoms with Gasteiger partial charge in [-0.3, -0.25) is 0 Å². The molecule has 0 aliphatic rings. The van der Waals surface area contributed by atoms with Gasteiger partial charge in [0.25, 0.3) is 0 Å². The molecule has 0 heterocycles. The lowest BCUT2D eigenvalue weighted by Crippen LogP contribution is -2.11. The Balaban J connectivity index is 3.43. The van der Waals surface area contributed by atoms with Crippen LogP contribution in [0.3, 0.4) is 0 Å². The first-order valence-electron chi connectivity index (χ1n) is 6.18. The van der Waals surface area contributed by atoms with Crippen LogP contribution < -0.4 is 0 Å². The summed E-state index contributed by atoms with van der Waals surface area (Å²) in [5.41, 5.74) is 0. The highest BCUT2D eigenvalue weighted by atomic mass is 16.7. The fraction of sp³-hybridized carbons (Fsp3) is 0.833. The van der Waals surface area contributed by atoms with Crippen molar-refractivity contribution in [1.82, 2.24) is 0 Å². The van der Waals surface area contributed by atoms with Gasteiger partial charge in [-0.2, -0.15) is 0 Å². The van der Waals surface area contributed by atoms with Gasteiger partial charge in [-0.15, -0.1) is 0 Å². The zero-order chi connectivity index (χ0) is 13.5. The van der Waals surface area contributed by atoms with E-state index in [4.69, 9.17) is 28.8 Å². The predicted molar refractivity (Wildman–Crippen MR) is 66.0 cm³/mol. The predicted octanol–water partition coefficient (Wildman–Crippen LogP) is 0.900. The Labute approximate surface area is 108 Å². The average molecular weight is 264 g/mol. The molecule has 0 aliphatic heterocycles. The summed E-state index contributed by atoms with van der Waals surface area (Å²) in [6.45, 7) is 6.99. The molecular weight excluding hydrogens is 240 g/mol. The van der Waals surface area contributed by atoms with Crippen molar-refractivity contribution < 1.29 is 28.8 Å². The Bertz CT molecular complexity index is 195. The minimum atomic E-state index is 0.0308. The number of rotatable bonds is 13. The van der Waals surface area contributed by atoms with Crippen LogP contribution in [0.15, 0.2) is 12.2 Å². The van der Waals surface area contributed by atoms with Crippen molar-refractivity contribution in [3.8, 4) is 0 Å². The van der Waals surface area contributed by atoms with Crippen LogP contribution in [0.1, 0.15) is 13.8 Å². The molecule has 0 saturated carbocycles. The molecule has 0 aromatic carbocycles. The third-order valence-electron chi connectivity index (χ3n) is 1.71. The first-order valence-corrected chi connectivity index (χ1v) is 6.18. The van der Waals surface area contributed by atoms with E-state index in [1.165, 1.54) is 6.26 Å². The monoisotopic (exact) mass is 264 g/mol. The number of aliphatic hydroxyl groups excluding tert-OH is 1. The number of hydrogen-bond donors (Lipinski definition) is 1. The Morgan fingerprint density at radius 1 is 0.889 bits per heavy atom. The highest BCUT2D eigenvalue weighted by Crippen LogP contribution is 2.00. The molecule has 0 aromatic rings. The minimum absolute atomic E-state index is 0.0308. The van der Waals surface area contributed by atoms with Crippen LogP contribution in [-0.2, 0) is 23.7 Å². The van der Waals surface area contributed by atoms with Crippen LogP contribution in [0.4, 0.5) is 0 Å². The molecule has 0 spiro atoms. The van der Waals surface area contributed by atoms with Gasteiger partial charge in [0, 0.05) is 0 Å². The molecule has 0 amide bonds. The molecule has 0 bridgehead atoms. The zero-order valence-electron chi connectivity index (χ0n) is 11.2. The van der Waals surface area contributed by atoms with Crippen LogP contribution in [0.5, 0.6) is 0 Å². The maximum Gasteiger partial charge on any atom is 0.315 e. The molecule has 0 aromatic heterocycles. The second kappa shape index (κ2) is 14.1. The van der Waals surface area contributed by atoms with Crippen molar-refractivity contribution >= 4 is 0 Å². The highest BCUT2D eigenvalue weighted by molar-refractivity contribution is 4.75. The molecule has 0 saturated heterocycles. The number of ether oxygens (including phenoxy) is 5. The molecule has 0 aliphatic carbocycles. The van der Waals surface area contributed by atoms with Gasteiger partial charge in [0.15, 0.2) is 6.26 Å². The van der Waals surface area contributed by atoms with Crippen molar-refractivity contribution in [3.63, 3.8) is 0 Å². The minimum Gasteiger partial charge on any atom is -0.494 e. The topological polar surface area (TPSA) is 66.4 Å². The largest absolute Gasteiger partial charge is 0.494 e. The van der Waals surface area contributed by atoms with Gasteiger partial charge >= 0.3 is 5.95 Å². The summed E-state index contributed by atoms with van der Waals surface area (Å²) in [6.07, 6.45) is 1.45. The highest BCUT2D eigenvalue weighted by Gasteiger charge is 1.99. The summed E-state index contributed by atoms with van der Waals surface area (Å²) < 4.78 is 25.9. The summed E-state index contributed by atoms with van der Waals surface area (Å²) in [6, 6.07) is 0. The van der Waals surface area contributed by atoms with Gasteiger partial charge in [0.2, 0.25) is 0 Å². The Kier molecular flexibility index (Phi) is 13.3. The summed E-state index contributed by atoms with van der Waals surface area (Å²) in [7, 11) is 0. The molecule has 18 heavy (non-hydrogen) atoms. The molecule has 0 unspecified atom stereocenters. The van der Waals surface area contributed by atoms with E-state index in [-0.39, 0.29) is 6.61 Å². The molecular formula is C12H24O6. The fourth-order valence-electron chi connectivity index (χ4n) is 0.991. The lowest BCUT2D eigenvalue weighted by molar-refractivity contribution is -0.0153. The third kappa shape index (κ3) is 11.5. The van der Waals surface area contributed by atoms with Crippen molar-refractivity contribution in [2.45, 2.75) is 13.8 Å². The van der Waals surface area contributed by atoms with E-state index >= 15 is 0 Å². The molecule has 108 valence electrons. The lowest BCUT2D eigenvalue weighted by atomic mass is 10.7. The molecule has 1 N–H and O–H groups in total. The van der Waals surface area contributed by atoms with Gasteiger partial charge in [0.05, 0.1) is 46.2 Å². The number of hydrogen-bond acceptors (Lipinski definition) is 6. The smallest absolute Gasteiger partial charge is 0.315 e. The SMILES string of the molecule is CCOC=C(OCC)OCCOCCOCCO. The van der Waals surface area contributed by atoms with E-state index in [0.29, 0.717) is 52.2 Å². The molecule has 6 nitrogen and oxygen atoms in total. The lowest BCUT2D eigenvalue weighted by Gasteiger charge is -2.10. The molecule has 6 heteroatoms. The van der Waals surface area contributed by atoms with E-state index in [9.17, 15) is 0 Å². The molecule has 0 radical (unpaired) electrons. The second-order valence-electron chi connectivity index (χ2n) is 3.12. The normalized spacial score (nSPS) is 11.4. The van der Waals surface area contributed by atoms with Crippen LogP contribution >= 0.6 is 0 Å². The maximum absolute atomic E-state index is 8.47. The molecule has 0 rings (SSSR count). The first-order chi connectivity index (χ1) is 8.85. The van der Waals surface area contributed by atoms with Crippen LogP contribution in [-0.4, -0.2) is 58.0 Å². The van der Waals surface area contributed by atoms with E-state index in [2.05, 4.69) is 0 Å². The Morgan fingerprint density at radius 3 is 2.17 bits per heavy atom. The Morgan fingerprint density at radius 2 is 1.56 bits per heavy atom. The van der Waals surface area contributed by atoms with Gasteiger partial charge in [-0.25, -0.2) is 0 Å². The summed E-state index contributed by atoms with van der Waals surface area (Å²) in [5, 5.41) is 8.47. The average Bonchev–Trinajstić information content (AvgIpc) is 2.39. The van der Waals surface area contributed by atoms with E-state index in [1.54, 1.807) is 0 Å². The van der Waals surface area contributed by atoms with Crippen LogP contribution in [0.2, 0.25) is 0 Å². The van der Waals surface area contributed by atoms with Gasteiger partial charge < -0.3 is 28.8 Å². The van der Waals surface area contributed by atoms with Gasteiger partial charge in [0.1, 0.15) is 6.61 Å². The van der Waals surface area contributed by atoms with Crippen molar-refractivity contribution in [2.24, 2.45) is 0 Å². The third-order valence-corrected chi connectivity index (χ3v) is 1.71. The first kappa shape index (κ1) is 17.0. The van der Waals surface area contributed by atoms with E-state index < -0.39 is 0 Å². The van der Waals surface area contributed by atoms with Crippen molar-refractivity contribution in [2.75, 3.05) is 52.9 Å². The summed E-state index contributed by atoms with van der Waals surface area (Å²) in [4.78, 5) is 0. The van der Waals surface area contributed by atoms with Gasteiger partial charge in [-0.1, -0.05) is 0 Å².